The SMILES string of the molecule is C=C(CC)CC(NCC)c1ccc(S(C)(=O)=O)cc1. The van der Waals surface area contributed by atoms with Gasteiger partial charge in [0.1, 0.15) is 0 Å². The van der Waals surface area contributed by atoms with Crippen molar-refractivity contribution in [3.8, 4) is 0 Å². The van der Waals surface area contributed by atoms with Crippen molar-refractivity contribution in [2.45, 2.75) is 37.6 Å². The molecule has 0 aliphatic rings. The third-order valence-corrected chi connectivity index (χ3v) is 4.28. The van der Waals surface area contributed by atoms with Crippen molar-refractivity contribution in [3.05, 3.63) is 42.0 Å². The highest BCUT2D eigenvalue weighted by Gasteiger charge is 2.13. The summed E-state index contributed by atoms with van der Waals surface area (Å²) in [5.74, 6) is 0. The second kappa shape index (κ2) is 6.87. The molecule has 0 amide bonds. The first-order valence-electron chi connectivity index (χ1n) is 6.58. The molecule has 1 aromatic carbocycles. The highest BCUT2D eigenvalue weighted by molar-refractivity contribution is 7.90. The zero-order valence-corrected chi connectivity index (χ0v) is 12.8. The molecule has 0 radical (unpaired) electrons. The van der Waals surface area contributed by atoms with Gasteiger partial charge < -0.3 is 5.32 Å². The molecular formula is C15H23NO2S. The molecule has 0 spiro atoms. The van der Waals surface area contributed by atoms with E-state index in [9.17, 15) is 8.42 Å². The summed E-state index contributed by atoms with van der Waals surface area (Å²) in [4.78, 5) is 0.362. The van der Waals surface area contributed by atoms with Crippen LogP contribution in [0.15, 0.2) is 41.3 Å². The van der Waals surface area contributed by atoms with Gasteiger partial charge in [0.2, 0.25) is 0 Å². The van der Waals surface area contributed by atoms with Gasteiger partial charge in [-0.05, 0) is 37.1 Å². The first kappa shape index (κ1) is 15.9. The number of benzene rings is 1. The van der Waals surface area contributed by atoms with E-state index in [4.69, 9.17) is 0 Å². The van der Waals surface area contributed by atoms with E-state index < -0.39 is 9.84 Å². The van der Waals surface area contributed by atoms with Crippen LogP contribution in [0, 0.1) is 0 Å². The Bertz CT molecular complexity index is 518. The topological polar surface area (TPSA) is 46.2 Å². The summed E-state index contributed by atoms with van der Waals surface area (Å²) in [6.07, 6.45) is 3.06. The quantitative estimate of drug-likeness (QED) is 0.781. The maximum absolute atomic E-state index is 11.4. The maximum Gasteiger partial charge on any atom is 0.175 e. The van der Waals surface area contributed by atoms with Gasteiger partial charge in [0.05, 0.1) is 4.90 Å². The van der Waals surface area contributed by atoms with Crippen molar-refractivity contribution >= 4 is 9.84 Å². The van der Waals surface area contributed by atoms with E-state index >= 15 is 0 Å². The lowest BCUT2D eigenvalue weighted by molar-refractivity contribution is 0.542. The van der Waals surface area contributed by atoms with E-state index in [1.165, 1.54) is 11.8 Å². The van der Waals surface area contributed by atoms with Gasteiger partial charge in [-0.3, -0.25) is 0 Å². The van der Waals surface area contributed by atoms with Gasteiger partial charge in [-0.1, -0.05) is 38.1 Å². The molecule has 1 atom stereocenters. The van der Waals surface area contributed by atoms with Gasteiger partial charge in [-0.15, -0.1) is 0 Å². The number of hydrogen-bond acceptors (Lipinski definition) is 3. The fraction of sp³-hybridized carbons (Fsp3) is 0.467. The molecule has 1 N–H and O–H groups in total. The first-order chi connectivity index (χ1) is 8.88. The van der Waals surface area contributed by atoms with Crippen LogP contribution in [0.4, 0.5) is 0 Å². The van der Waals surface area contributed by atoms with Gasteiger partial charge >= 0.3 is 0 Å². The molecule has 1 rings (SSSR count). The molecule has 0 aromatic heterocycles. The van der Waals surface area contributed by atoms with E-state index in [-0.39, 0.29) is 6.04 Å². The fourth-order valence-corrected chi connectivity index (χ4v) is 2.57. The van der Waals surface area contributed by atoms with Crippen molar-refractivity contribution < 1.29 is 8.42 Å². The molecule has 1 unspecified atom stereocenters. The third kappa shape index (κ3) is 4.80. The molecule has 3 nitrogen and oxygen atoms in total. The van der Waals surface area contributed by atoms with E-state index in [2.05, 4.69) is 25.7 Å². The van der Waals surface area contributed by atoms with E-state index in [0.717, 1.165) is 24.9 Å². The highest BCUT2D eigenvalue weighted by atomic mass is 32.2. The van der Waals surface area contributed by atoms with Gasteiger partial charge in [0.25, 0.3) is 0 Å². The summed E-state index contributed by atoms with van der Waals surface area (Å²) < 4.78 is 22.9. The smallest absolute Gasteiger partial charge is 0.175 e. The van der Waals surface area contributed by atoms with Gasteiger partial charge in [0.15, 0.2) is 9.84 Å². The number of nitrogens with one attached hydrogen (secondary N) is 1. The number of hydrogen-bond donors (Lipinski definition) is 1. The summed E-state index contributed by atoms with van der Waals surface area (Å²) in [6, 6.07) is 7.30. The van der Waals surface area contributed by atoms with E-state index in [1.54, 1.807) is 12.1 Å². The second-order valence-electron chi connectivity index (χ2n) is 4.76. The minimum atomic E-state index is -3.12. The Labute approximate surface area is 116 Å². The minimum Gasteiger partial charge on any atom is -0.310 e. The minimum absolute atomic E-state index is 0.200. The first-order valence-corrected chi connectivity index (χ1v) is 8.47. The standard InChI is InChI=1S/C15H23NO2S/c1-5-12(3)11-15(16-6-2)13-7-9-14(10-8-13)19(4,17)18/h7-10,15-16H,3,5-6,11H2,1-2,4H3. The van der Waals surface area contributed by atoms with Crippen molar-refractivity contribution in [2.75, 3.05) is 12.8 Å². The van der Waals surface area contributed by atoms with Crippen LogP contribution in [-0.2, 0) is 9.84 Å². The Morgan fingerprint density at radius 2 is 1.84 bits per heavy atom. The van der Waals surface area contributed by atoms with Crippen molar-refractivity contribution in [2.24, 2.45) is 0 Å². The molecule has 0 saturated carbocycles. The van der Waals surface area contributed by atoms with Crippen LogP contribution in [0.25, 0.3) is 0 Å². The molecule has 0 heterocycles. The zero-order valence-electron chi connectivity index (χ0n) is 11.9. The van der Waals surface area contributed by atoms with Crippen molar-refractivity contribution in [1.29, 1.82) is 0 Å². The molecule has 0 aliphatic carbocycles. The van der Waals surface area contributed by atoms with E-state index in [0.29, 0.717) is 4.90 Å². The van der Waals surface area contributed by atoms with E-state index in [1.807, 2.05) is 12.1 Å². The highest BCUT2D eigenvalue weighted by Crippen LogP contribution is 2.23. The average molecular weight is 281 g/mol. The second-order valence-corrected chi connectivity index (χ2v) is 6.77. The third-order valence-electron chi connectivity index (χ3n) is 3.15. The zero-order chi connectivity index (χ0) is 14.5. The Morgan fingerprint density at radius 1 is 1.26 bits per heavy atom. The monoisotopic (exact) mass is 281 g/mol. The molecule has 0 fully saturated rings. The lowest BCUT2D eigenvalue weighted by Gasteiger charge is -2.19. The molecule has 0 bridgehead atoms. The molecule has 19 heavy (non-hydrogen) atoms. The number of sulfone groups is 1. The Balaban J connectivity index is 2.94. The molecule has 0 aliphatic heterocycles. The Kier molecular flexibility index (Phi) is 5.76. The molecule has 0 saturated heterocycles. The van der Waals surface area contributed by atoms with Gasteiger partial charge in [0, 0.05) is 12.3 Å². The number of rotatable bonds is 7. The molecule has 4 heteroatoms. The summed E-state index contributed by atoms with van der Waals surface area (Å²) in [7, 11) is -3.12. The normalized spacial score (nSPS) is 13.2. The van der Waals surface area contributed by atoms with Crippen LogP contribution in [0.5, 0.6) is 0 Å². The predicted octanol–water partition coefficient (Wildman–Crippen LogP) is 3.10. The van der Waals surface area contributed by atoms with Gasteiger partial charge in [-0.2, -0.15) is 0 Å². The molecule has 106 valence electrons. The summed E-state index contributed by atoms with van der Waals surface area (Å²) in [5.41, 5.74) is 2.29. The summed E-state index contributed by atoms with van der Waals surface area (Å²) in [6.45, 7) is 9.07. The average Bonchev–Trinajstić information content (AvgIpc) is 2.37. The summed E-state index contributed by atoms with van der Waals surface area (Å²) in [5, 5.41) is 3.41. The molecular weight excluding hydrogens is 258 g/mol. The summed E-state index contributed by atoms with van der Waals surface area (Å²) >= 11 is 0. The van der Waals surface area contributed by atoms with Crippen LogP contribution in [-0.4, -0.2) is 21.2 Å². The lowest BCUT2D eigenvalue weighted by atomic mass is 9.98. The Morgan fingerprint density at radius 3 is 2.26 bits per heavy atom. The van der Waals surface area contributed by atoms with Crippen LogP contribution >= 0.6 is 0 Å². The predicted molar refractivity (Wildman–Crippen MR) is 80.0 cm³/mol. The van der Waals surface area contributed by atoms with Crippen LogP contribution in [0.2, 0.25) is 0 Å². The van der Waals surface area contributed by atoms with Crippen LogP contribution < -0.4 is 5.32 Å². The van der Waals surface area contributed by atoms with Crippen LogP contribution in [0.3, 0.4) is 0 Å². The largest absolute Gasteiger partial charge is 0.310 e. The Hall–Kier alpha value is -1.13. The van der Waals surface area contributed by atoms with Gasteiger partial charge in [-0.25, -0.2) is 8.42 Å². The lowest BCUT2D eigenvalue weighted by Crippen LogP contribution is -2.21. The van der Waals surface area contributed by atoms with Crippen molar-refractivity contribution in [1.82, 2.24) is 5.32 Å². The fourth-order valence-electron chi connectivity index (χ4n) is 1.93. The van der Waals surface area contributed by atoms with Crippen molar-refractivity contribution in [3.63, 3.8) is 0 Å². The maximum atomic E-state index is 11.4. The van der Waals surface area contributed by atoms with Crippen LogP contribution in [0.1, 0.15) is 38.3 Å². The molecule has 1 aromatic rings.